The fraction of sp³-hybridized carbons (Fsp3) is 0.500. The summed E-state index contributed by atoms with van der Waals surface area (Å²) >= 11 is 0. The monoisotopic (exact) mass is 287 g/mol. The molecular formula is C14H16F3NO2. The number of rotatable bonds is 2. The second-order valence-electron chi connectivity index (χ2n) is 5.09. The highest BCUT2D eigenvalue weighted by Gasteiger charge is 2.32. The fourth-order valence-corrected chi connectivity index (χ4v) is 2.31. The van der Waals surface area contributed by atoms with Crippen LogP contribution >= 0.6 is 0 Å². The smallest absolute Gasteiger partial charge is 0.406 e. The summed E-state index contributed by atoms with van der Waals surface area (Å²) in [6, 6.07) is 4.14. The van der Waals surface area contributed by atoms with E-state index in [1.807, 2.05) is 0 Å². The molecule has 110 valence electrons. The normalized spacial score (nSPS) is 15.2. The van der Waals surface area contributed by atoms with E-state index in [1.165, 1.54) is 18.2 Å². The van der Waals surface area contributed by atoms with Gasteiger partial charge in [-0.05, 0) is 36.6 Å². The average molecular weight is 287 g/mol. The van der Waals surface area contributed by atoms with Crippen LogP contribution in [0.2, 0.25) is 0 Å². The first-order chi connectivity index (χ1) is 9.28. The highest BCUT2D eigenvalue weighted by atomic mass is 19.4. The summed E-state index contributed by atoms with van der Waals surface area (Å²) in [6.07, 6.45) is -3.32. The molecule has 1 amide bonds. The number of hydrogen-bond donors (Lipinski definition) is 0. The van der Waals surface area contributed by atoms with Crippen LogP contribution in [0.25, 0.3) is 0 Å². The van der Waals surface area contributed by atoms with E-state index in [0.717, 1.165) is 6.42 Å². The van der Waals surface area contributed by atoms with Gasteiger partial charge in [-0.2, -0.15) is 0 Å². The SMILES string of the molecule is CC(C)C(=O)N1CCCc2cc(OC(F)(F)F)ccc21. The van der Waals surface area contributed by atoms with Gasteiger partial charge in [-0.3, -0.25) is 4.79 Å². The van der Waals surface area contributed by atoms with Crippen LogP contribution in [0.15, 0.2) is 18.2 Å². The minimum absolute atomic E-state index is 0.0181. The van der Waals surface area contributed by atoms with Crippen LogP contribution in [0, 0.1) is 5.92 Å². The van der Waals surface area contributed by atoms with Gasteiger partial charge in [0.25, 0.3) is 0 Å². The summed E-state index contributed by atoms with van der Waals surface area (Å²) in [5.74, 6) is -0.405. The van der Waals surface area contributed by atoms with Crippen molar-refractivity contribution in [3.8, 4) is 5.75 Å². The molecule has 1 aliphatic rings. The molecule has 1 heterocycles. The maximum Gasteiger partial charge on any atom is 0.573 e. The number of fused-ring (bicyclic) bond motifs is 1. The number of amides is 1. The molecular weight excluding hydrogens is 271 g/mol. The molecule has 6 heteroatoms. The Labute approximate surface area is 115 Å². The van der Waals surface area contributed by atoms with Gasteiger partial charge in [-0.25, -0.2) is 0 Å². The molecule has 0 radical (unpaired) electrons. The van der Waals surface area contributed by atoms with Crippen LogP contribution in [-0.4, -0.2) is 18.8 Å². The molecule has 0 N–H and O–H groups in total. The van der Waals surface area contributed by atoms with Crippen LogP contribution in [-0.2, 0) is 11.2 Å². The van der Waals surface area contributed by atoms with Crippen LogP contribution in [0.1, 0.15) is 25.8 Å². The molecule has 0 saturated heterocycles. The lowest BCUT2D eigenvalue weighted by Crippen LogP contribution is -2.38. The maximum absolute atomic E-state index is 12.2. The molecule has 0 bridgehead atoms. The third-order valence-corrected chi connectivity index (χ3v) is 3.16. The molecule has 0 unspecified atom stereocenters. The summed E-state index contributed by atoms with van der Waals surface area (Å²) in [5.41, 5.74) is 1.40. The van der Waals surface area contributed by atoms with E-state index in [1.54, 1.807) is 18.7 Å². The zero-order valence-corrected chi connectivity index (χ0v) is 11.3. The number of nitrogens with zero attached hydrogens (tertiary/aromatic N) is 1. The van der Waals surface area contributed by atoms with Gasteiger partial charge in [0.15, 0.2) is 0 Å². The molecule has 0 saturated carbocycles. The first-order valence-corrected chi connectivity index (χ1v) is 6.48. The number of anilines is 1. The summed E-state index contributed by atoms with van der Waals surface area (Å²) < 4.78 is 40.5. The Kier molecular flexibility index (Phi) is 3.92. The van der Waals surface area contributed by atoms with E-state index in [2.05, 4.69) is 4.74 Å². The second kappa shape index (κ2) is 5.34. The zero-order chi connectivity index (χ0) is 14.9. The fourth-order valence-electron chi connectivity index (χ4n) is 2.31. The lowest BCUT2D eigenvalue weighted by atomic mass is 10.00. The largest absolute Gasteiger partial charge is 0.573 e. The highest BCUT2D eigenvalue weighted by molar-refractivity contribution is 5.95. The number of aryl methyl sites for hydroxylation is 1. The van der Waals surface area contributed by atoms with Gasteiger partial charge in [0.2, 0.25) is 5.91 Å². The lowest BCUT2D eigenvalue weighted by Gasteiger charge is -2.31. The van der Waals surface area contributed by atoms with Gasteiger partial charge in [0.1, 0.15) is 5.75 Å². The lowest BCUT2D eigenvalue weighted by molar-refractivity contribution is -0.274. The van der Waals surface area contributed by atoms with E-state index < -0.39 is 6.36 Å². The molecule has 1 aliphatic heterocycles. The summed E-state index contributed by atoms with van der Waals surface area (Å²) in [5, 5.41) is 0. The maximum atomic E-state index is 12.2. The Balaban J connectivity index is 2.28. The number of carbonyl (C=O) groups excluding carboxylic acids is 1. The first-order valence-electron chi connectivity index (χ1n) is 6.48. The summed E-state index contributed by atoms with van der Waals surface area (Å²) in [4.78, 5) is 13.7. The van der Waals surface area contributed by atoms with Crippen molar-refractivity contribution in [1.82, 2.24) is 0 Å². The summed E-state index contributed by atoms with van der Waals surface area (Å²) in [6.45, 7) is 4.21. The Hall–Kier alpha value is -1.72. The van der Waals surface area contributed by atoms with Crippen molar-refractivity contribution in [2.45, 2.75) is 33.1 Å². The van der Waals surface area contributed by atoms with Crippen molar-refractivity contribution in [2.75, 3.05) is 11.4 Å². The van der Waals surface area contributed by atoms with Gasteiger partial charge in [0.05, 0.1) is 0 Å². The van der Waals surface area contributed by atoms with Crippen molar-refractivity contribution >= 4 is 11.6 Å². The van der Waals surface area contributed by atoms with Gasteiger partial charge < -0.3 is 9.64 Å². The quantitative estimate of drug-likeness (QED) is 0.833. The Morgan fingerprint density at radius 2 is 2.05 bits per heavy atom. The van der Waals surface area contributed by atoms with Gasteiger partial charge in [-0.15, -0.1) is 13.2 Å². The van der Waals surface area contributed by atoms with Crippen molar-refractivity contribution in [1.29, 1.82) is 0 Å². The third kappa shape index (κ3) is 3.23. The number of carbonyl (C=O) groups is 1. The van der Waals surface area contributed by atoms with Crippen LogP contribution < -0.4 is 9.64 Å². The average Bonchev–Trinajstić information content (AvgIpc) is 2.34. The van der Waals surface area contributed by atoms with Crippen molar-refractivity contribution in [2.24, 2.45) is 5.92 Å². The number of alkyl halides is 3. The van der Waals surface area contributed by atoms with Gasteiger partial charge >= 0.3 is 6.36 Å². The van der Waals surface area contributed by atoms with Crippen molar-refractivity contribution < 1.29 is 22.7 Å². The van der Waals surface area contributed by atoms with E-state index in [9.17, 15) is 18.0 Å². The zero-order valence-electron chi connectivity index (χ0n) is 11.3. The number of benzene rings is 1. The topological polar surface area (TPSA) is 29.5 Å². The molecule has 0 spiro atoms. The Morgan fingerprint density at radius 3 is 2.65 bits per heavy atom. The molecule has 0 fully saturated rings. The number of ether oxygens (including phenoxy) is 1. The molecule has 1 aromatic rings. The van der Waals surface area contributed by atoms with Crippen LogP contribution in [0.4, 0.5) is 18.9 Å². The van der Waals surface area contributed by atoms with Gasteiger partial charge in [-0.1, -0.05) is 13.8 Å². The second-order valence-corrected chi connectivity index (χ2v) is 5.09. The minimum Gasteiger partial charge on any atom is -0.406 e. The van der Waals surface area contributed by atoms with E-state index in [4.69, 9.17) is 0 Å². The Bertz CT molecular complexity index is 512. The molecule has 1 aromatic carbocycles. The third-order valence-electron chi connectivity index (χ3n) is 3.16. The predicted octanol–water partition coefficient (Wildman–Crippen LogP) is 3.52. The minimum atomic E-state index is -4.70. The number of hydrogen-bond acceptors (Lipinski definition) is 2. The molecule has 0 aliphatic carbocycles. The van der Waals surface area contributed by atoms with Gasteiger partial charge in [0, 0.05) is 18.2 Å². The molecule has 0 atom stereocenters. The molecule has 20 heavy (non-hydrogen) atoms. The predicted molar refractivity (Wildman–Crippen MR) is 68.6 cm³/mol. The highest BCUT2D eigenvalue weighted by Crippen LogP contribution is 2.33. The van der Waals surface area contributed by atoms with Crippen molar-refractivity contribution in [3.63, 3.8) is 0 Å². The standard InChI is InChI=1S/C14H16F3NO2/c1-9(2)13(19)18-7-3-4-10-8-11(5-6-12(10)18)20-14(15,16)17/h5-6,8-9H,3-4,7H2,1-2H3. The molecule has 2 rings (SSSR count). The van der Waals surface area contributed by atoms with E-state index >= 15 is 0 Å². The summed E-state index contributed by atoms with van der Waals surface area (Å²) in [7, 11) is 0. The molecule has 0 aromatic heterocycles. The number of halogens is 3. The van der Waals surface area contributed by atoms with Crippen LogP contribution in [0.3, 0.4) is 0 Å². The molecule has 3 nitrogen and oxygen atoms in total. The van der Waals surface area contributed by atoms with Crippen molar-refractivity contribution in [3.05, 3.63) is 23.8 Å². The Morgan fingerprint density at radius 1 is 1.35 bits per heavy atom. The first kappa shape index (κ1) is 14.7. The van der Waals surface area contributed by atoms with Crippen LogP contribution in [0.5, 0.6) is 5.75 Å². The van der Waals surface area contributed by atoms with E-state index in [-0.39, 0.29) is 17.6 Å². The van der Waals surface area contributed by atoms with E-state index in [0.29, 0.717) is 24.2 Å².